The molecule has 1 saturated heterocycles. The van der Waals surface area contributed by atoms with E-state index >= 15 is 0 Å². The molecule has 1 aliphatic heterocycles. The summed E-state index contributed by atoms with van der Waals surface area (Å²) in [5.74, 6) is 0. The number of rotatable bonds is 5. The van der Waals surface area contributed by atoms with Crippen LogP contribution in [0.4, 0.5) is 4.79 Å². The Morgan fingerprint density at radius 2 is 2.17 bits per heavy atom. The van der Waals surface area contributed by atoms with Crippen LogP contribution in [0.15, 0.2) is 36.5 Å². The van der Waals surface area contributed by atoms with Crippen LogP contribution in [0.2, 0.25) is 0 Å². The summed E-state index contributed by atoms with van der Waals surface area (Å²) in [7, 11) is 1.82. The number of hydrogen-bond donors (Lipinski definition) is 1. The summed E-state index contributed by atoms with van der Waals surface area (Å²) in [5.41, 5.74) is 2.10. The normalized spacial score (nSPS) is 17.5. The Morgan fingerprint density at radius 3 is 2.74 bits per heavy atom. The van der Waals surface area contributed by atoms with E-state index in [2.05, 4.69) is 28.7 Å². The zero-order valence-corrected chi connectivity index (χ0v) is 14.5. The monoisotopic (exact) mass is 316 g/mol. The second-order valence-corrected chi connectivity index (χ2v) is 6.50. The highest BCUT2D eigenvalue weighted by Gasteiger charge is 2.24. The van der Waals surface area contributed by atoms with Crippen molar-refractivity contribution < 1.29 is 4.79 Å². The summed E-state index contributed by atoms with van der Waals surface area (Å²) in [6, 6.07) is 5.96. The summed E-state index contributed by atoms with van der Waals surface area (Å²) >= 11 is 0. The zero-order chi connectivity index (χ0) is 16.8. The lowest BCUT2D eigenvalue weighted by Gasteiger charge is -2.34. The Kier molecular flexibility index (Phi) is 6.16. The third kappa shape index (κ3) is 5.06. The predicted molar refractivity (Wildman–Crippen MR) is 93.2 cm³/mol. The molecule has 0 saturated carbocycles. The first-order valence-corrected chi connectivity index (χ1v) is 8.28. The van der Waals surface area contributed by atoms with Gasteiger partial charge in [-0.25, -0.2) is 4.79 Å². The Bertz CT molecular complexity index is 523. The minimum absolute atomic E-state index is 0.0264. The number of amides is 2. The molecule has 1 aromatic rings. The standard InChI is InChI=1S/C18H28N4O/c1-14(2)13-22-11-8-16(9-12-22)20-18(23)21(4)15(3)17-7-5-6-10-19-17/h5-7,10,15-16H,1,8-9,11-13H2,2-4H3,(H,20,23)/t15-/m1/s1. The lowest BCUT2D eigenvalue weighted by Crippen LogP contribution is -2.49. The molecule has 2 amide bonds. The second-order valence-electron chi connectivity index (χ2n) is 6.50. The van der Waals surface area contributed by atoms with E-state index < -0.39 is 0 Å². The molecule has 1 fully saturated rings. The van der Waals surface area contributed by atoms with Crippen molar-refractivity contribution in [3.63, 3.8) is 0 Å². The Hall–Kier alpha value is -1.88. The third-order valence-electron chi connectivity index (χ3n) is 4.43. The van der Waals surface area contributed by atoms with Gasteiger partial charge in [-0.3, -0.25) is 9.88 Å². The molecule has 23 heavy (non-hydrogen) atoms. The molecule has 2 rings (SSSR count). The maximum atomic E-state index is 12.4. The number of carbonyl (C=O) groups is 1. The molecule has 1 atom stereocenters. The largest absolute Gasteiger partial charge is 0.335 e. The van der Waals surface area contributed by atoms with Crippen LogP contribution in [-0.2, 0) is 0 Å². The minimum Gasteiger partial charge on any atom is -0.335 e. The van der Waals surface area contributed by atoms with Crippen molar-refractivity contribution in [2.24, 2.45) is 0 Å². The highest BCUT2D eigenvalue weighted by Crippen LogP contribution is 2.17. The van der Waals surface area contributed by atoms with Crippen molar-refractivity contribution >= 4 is 6.03 Å². The molecular formula is C18H28N4O. The van der Waals surface area contributed by atoms with Crippen molar-refractivity contribution in [2.45, 2.75) is 38.8 Å². The van der Waals surface area contributed by atoms with Crippen molar-refractivity contribution in [3.8, 4) is 0 Å². The molecular weight excluding hydrogens is 288 g/mol. The molecule has 0 radical (unpaired) electrons. The molecule has 1 aliphatic rings. The van der Waals surface area contributed by atoms with Gasteiger partial charge in [-0.1, -0.05) is 18.2 Å². The van der Waals surface area contributed by atoms with Gasteiger partial charge >= 0.3 is 6.03 Å². The summed E-state index contributed by atoms with van der Waals surface area (Å²) in [5, 5.41) is 3.15. The van der Waals surface area contributed by atoms with Gasteiger partial charge in [0.15, 0.2) is 0 Å². The fraction of sp³-hybridized carbons (Fsp3) is 0.556. The van der Waals surface area contributed by atoms with Gasteiger partial charge in [-0.2, -0.15) is 0 Å². The topological polar surface area (TPSA) is 48.5 Å². The summed E-state index contributed by atoms with van der Waals surface area (Å²) in [6.45, 7) is 11.0. The maximum Gasteiger partial charge on any atom is 0.317 e. The van der Waals surface area contributed by atoms with Gasteiger partial charge in [0.25, 0.3) is 0 Å². The van der Waals surface area contributed by atoms with Crippen LogP contribution in [0, 0.1) is 0 Å². The molecule has 1 aromatic heterocycles. The van der Waals surface area contributed by atoms with Gasteiger partial charge in [0, 0.05) is 38.9 Å². The second kappa shape index (κ2) is 8.11. The van der Waals surface area contributed by atoms with E-state index in [1.165, 1.54) is 5.57 Å². The summed E-state index contributed by atoms with van der Waals surface area (Å²) in [6.07, 6.45) is 3.74. The van der Waals surface area contributed by atoms with Crippen molar-refractivity contribution in [2.75, 3.05) is 26.7 Å². The van der Waals surface area contributed by atoms with E-state index in [1.54, 1.807) is 11.1 Å². The van der Waals surface area contributed by atoms with E-state index in [0.29, 0.717) is 0 Å². The molecule has 0 unspecified atom stereocenters. The van der Waals surface area contributed by atoms with Gasteiger partial charge in [0.1, 0.15) is 0 Å². The van der Waals surface area contributed by atoms with Crippen molar-refractivity contribution in [3.05, 3.63) is 42.2 Å². The van der Waals surface area contributed by atoms with E-state index in [4.69, 9.17) is 0 Å². The predicted octanol–water partition coefficient (Wildman–Crippen LogP) is 2.82. The van der Waals surface area contributed by atoms with Crippen molar-refractivity contribution in [1.29, 1.82) is 0 Å². The van der Waals surface area contributed by atoms with Gasteiger partial charge < -0.3 is 10.2 Å². The van der Waals surface area contributed by atoms with Gasteiger partial charge in [-0.05, 0) is 38.8 Å². The zero-order valence-electron chi connectivity index (χ0n) is 14.5. The molecule has 0 aromatic carbocycles. The first kappa shape index (κ1) is 17.5. The number of nitrogens with zero attached hydrogens (tertiary/aromatic N) is 3. The Labute approximate surface area is 139 Å². The lowest BCUT2D eigenvalue weighted by molar-refractivity contribution is 0.173. The number of nitrogens with one attached hydrogen (secondary N) is 1. The smallest absolute Gasteiger partial charge is 0.317 e. The van der Waals surface area contributed by atoms with E-state index in [1.807, 2.05) is 32.2 Å². The molecule has 5 heteroatoms. The number of hydrogen-bond acceptors (Lipinski definition) is 3. The van der Waals surface area contributed by atoms with E-state index in [-0.39, 0.29) is 18.1 Å². The number of likely N-dealkylation sites (tertiary alicyclic amines) is 1. The molecule has 5 nitrogen and oxygen atoms in total. The van der Waals surface area contributed by atoms with Gasteiger partial charge in [-0.15, -0.1) is 0 Å². The average molecular weight is 316 g/mol. The van der Waals surface area contributed by atoms with E-state index in [0.717, 1.165) is 38.2 Å². The quantitative estimate of drug-likeness (QED) is 0.850. The first-order chi connectivity index (χ1) is 11.0. The lowest BCUT2D eigenvalue weighted by atomic mass is 10.0. The van der Waals surface area contributed by atoms with Crippen LogP contribution in [-0.4, -0.2) is 53.5 Å². The van der Waals surface area contributed by atoms with E-state index in [9.17, 15) is 4.79 Å². The fourth-order valence-corrected chi connectivity index (χ4v) is 2.89. The number of aromatic nitrogens is 1. The average Bonchev–Trinajstić information content (AvgIpc) is 2.55. The molecule has 1 N–H and O–H groups in total. The molecule has 2 heterocycles. The first-order valence-electron chi connectivity index (χ1n) is 8.28. The van der Waals surface area contributed by atoms with Crippen LogP contribution >= 0.6 is 0 Å². The summed E-state index contributed by atoms with van der Waals surface area (Å²) in [4.78, 5) is 20.9. The van der Waals surface area contributed by atoms with Crippen LogP contribution in [0.25, 0.3) is 0 Å². The number of urea groups is 1. The van der Waals surface area contributed by atoms with Crippen LogP contribution in [0.5, 0.6) is 0 Å². The Balaban J connectivity index is 1.82. The highest BCUT2D eigenvalue weighted by molar-refractivity contribution is 5.74. The maximum absolute atomic E-state index is 12.4. The van der Waals surface area contributed by atoms with Crippen LogP contribution < -0.4 is 5.32 Å². The number of pyridine rings is 1. The highest BCUT2D eigenvalue weighted by atomic mass is 16.2. The molecule has 0 bridgehead atoms. The minimum atomic E-state index is -0.0419. The van der Waals surface area contributed by atoms with Crippen molar-refractivity contribution in [1.82, 2.24) is 20.1 Å². The van der Waals surface area contributed by atoms with Crippen LogP contribution in [0.1, 0.15) is 38.4 Å². The third-order valence-corrected chi connectivity index (χ3v) is 4.43. The Morgan fingerprint density at radius 1 is 1.48 bits per heavy atom. The number of carbonyl (C=O) groups excluding carboxylic acids is 1. The van der Waals surface area contributed by atoms with Gasteiger partial charge in [0.2, 0.25) is 0 Å². The summed E-state index contributed by atoms with van der Waals surface area (Å²) < 4.78 is 0. The van der Waals surface area contributed by atoms with Crippen LogP contribution in [0.3, 0.4) is 0 Å². The SMILES string of the molecule is C=C(C)CN1CCC(NC(=O)N(C)[C@H](C)c2ccccn2)CC1. The molecule has 0 spiro atoms. The molecule has 0 aliphatic carbocycles. The van der Waals surface area contributed by atoms with Gasteiger partial charge in [0.05, 0.1) is 11.7 Å². The number of piperidine rings is 1. The fourth-order valence-electron chi connectivity index (χ4n) is 2.89. The molecule has 126 valence electrons.